The van der Waals surface area contributed by atoms with Crippen LogP contribution in [0.3, 0.4) is 0 Å². The van der Waals surface area contributed by atoms with Crippen LogP contribution in [0.15, 0.2) is 65.6 Å². The fourth-order valence-electron chi connectivity index (χ4n) is 6.10. The largest absolute Gasteiger partial charge is 0.395 e. The summed E-state index contributed by atoms with van der Waals surface area (Å²) in [5, 5.41) is 10.3. The molecule has 0 saturated carbocycles. The summed E-state index contributed by atoms with van der Waals surface area (Å²) in [6.45, 7) is 7.35. The van der Waals surface area contributed by atoms with Gasteiger partial charge in [0.25, 0.3) is 0 Å². The molecule has 2 heterocycles. The second-order valence-corrected chi connectivity index (χ2v) is 12.3. The van der Waals surface area contributed by atoms with E-state index in [1.165, 1.54) is 6.07 Å². The zero-order valence-electron chi connectivity index (χ0n) is 21.7. The third-order valence-corrected chi connectivity index (χ3v) is 10.4. The molecule has 2 saturated heterocycles. The van der Waals surface area contributed by atoms with Gasteiger partial charge < -0.3 is 5.11 Å². The van der Waals surface area contributed by atoms with Crippen molar-refractivity contribution in [1.29, 1.82) is 0 Å². The standard InChI is InChI=1S/C30H35FN2O3S/c1-20-8-4-5-9-29(20)37(35,36)32-16-6-7-17-33-27(18-32)30(28(33)19-34)24-12-10-23(11-13-24)25-14-15-26(31)22(3)21(25)2/h4-5,8-15,27-28,30,34H,6-7,16-19H2,1-3H3/t27?,28-,30?/m1/s1. The number of halogens is 1. The van der Waals surface area contributed by atoms with E-state index in [1.807, 2.05) is 32.0 Å². The van der Waals surface area contributed by atoms with Gasteiger partial charge in [-0.2, -0.15) is 4.31 Å². The Balaban J connectivity index is 1.44. The van der Waals surface area contributed by atoms with Crippen molar-refractivity contribution in [3.05, 3.63) is 88.7 Å². The molecule has 2 aliphatic rings. The van der Waals surface area contributed by atoms with Crippen LogP contribution in [0.1, 0.15) is 41.0 Å². The van der Waals surface area contributed by atoms with Gasteiger partial charge in [0.05, 0.1) is 11.5 Å². The summed E-state index contributed by atoms with van der Waals surface area (Å²) in [6.07, 6.45) is 1.68. The van der Waals surface area contributed by atoms with E-state index < -0.39 is 10.0 Å². The number of rotatable bonds is 5. The van der Waals surface area contributed by atoms with E-state index >= 15 is 0 Å². The summed E-state index contributed by atoms with van der Waals surface area (Å²) >= 11 is 0. The van der Waals surface area contributed by atoms with Crippen LogP contribution < -0.4 is 0 Å². The topological polar surface area (TPSA) is 60.9 Å². The molecule has 3 atom stereocenters. The molecule has 7 heteroatoms. The zero-order chi connectivity index (χ0) is 26.3. The lowest BCUT2D eigenvalue weighted by Gasteiger charge is -2.57. The highest BCUT2D eigenvalue weighted by Gasteiger charge is 2.50. The number of sulfonamides is 1. The number of fused-ring (bicyclic) bond motifs is 1. The molecule has 0 amide bonds. The van der Waals surface area contributed by atoms with Crippen molar-refractivity contribution >= 4 is 10.0 Å². The van der Waals surface area contributed by atoms with Gasteiger partial charge in [0.2, 0.25) is 10.0 Å². The van der Waals surface area contributed by atoms with Gasteiger partial charge in [-0.3, -0.25) is 4.90 Å². The minimum Gasteiger partial charge on any atom is -0.395 e. The van der Waals surface area contributed by atoms with Crippen LogP contribution in [0.2, 0.25) is 0 Å². The van der Waals surface area contributed by atoms with Crippen molar-refractivity contribution in [3.8, 4) is 11.1 Å². The van der Waals surface area contributed by atoms with Crippen LogP contribution in [0.4, 0.5) is 4.39 Å². The molecule has 3 aromatic rings. The number of hydrogen-bond donors (Lipinski definition) is 1. The van der Waals surface area contributed by atoms with Crippen molar-refractivity contribution in [1.82, 2.24) is 9.21 Å². The monoisotopic (exact) mass is 522 g/mol. The Hall–Kier alpha value is -2.58. The third-order valence-electron chi connectivity index (χ3n) is 8.37. The second-order valence-electron chi connectivity index (χ2n) is 10.4. The van der Waals surface area contributed by atoms with Crippen LogP contribution >= 0.6 is 0 Å². The maximum atomic E-state index is 14.0. The summed E-state index contributed by atoms with van der Waals surface area (Å²) in [7, 11) is -3.63. The summed E-state index contributed by atoms with van der Waals surface area (Å²) in [5.74, 6) is -0.171. The van der Waals surface area contributed by atoms with Gasteiger partial charge in [0.15, 0.2) is 0 Å². The predicted molar refractivity (Wildman–Crippen MR) is 145 cm³/mol. The van der Waals surface area contributed by atoms with E-state index in [4.69, 9.17) is 0 Å². The van der Waals surface area contributed by atoms with Gasteiger partial charge in [0.1, 0.15) is 5.82 Å². The Morgan fingerprint density at radius 1 is 0.919 bits per heavy atom. The zero-order valence-corrected chi connectivity index (χ0v) is 22.5. The average molecular weight is 523 g/mol. The van der Waals surface area contributed by atoms with Crippen molar-refractivity contribution in [2.75, 3.05) is 26.2 Å². The molecule has 2 fully saturated rings. The van der Waals surface area contributed by atoms with E-state index in [-0.39, 0.29) is 30.4 Å². The van der Waals surface area contributed by atoms with Gasteiger partial charge in [-0.1, -0.05) is 48.5 Å². The summed E-state index contributed by atoms with van der Waals surface area (Å²) in [6, 6.07) is 18.7. The van der Waals surface area contributed by atoms with Gasteiger partial charge in [-0.05, 0) is 85.7 Å². The van der Waals surface area contributed by atoms with E-state index in [9.17, 15) is 17.9 Å². The fourth-order valence-corrected chi connectivity index (χ4v) is 7.82. The first-order valence-corrected chi connectivity index (χ1v) is 14.5. The molecule has 0 spiro atoms. The molecule has 37 heavy (non-hydrogen) atoms. The number of hydrogen-bond acceptors (Lipinski definition) is 4. The van der Waals surface area contributed by atoms with E-state index in [0.717, 1.165) is 47.2 Å². The summed E-state index contributed by atoms with van der Waals surface area (Å²) < 4.78 is 42.9. The number of benzene rings is 3. The lowest BCUT2D eigenvalue weighted by atomic mass is 9.74. The molecular weight excluding hydrogens is 487 g/mol. The molecular formula is C30H35FN2O3S. The van der Waals surface area contributed by atoms with Crippen LogP contribution in [-0.2, 0) is 10.0 Å². The number of aliphatic hydroxyl groups excluding tert-OH is 1. The Kier molecular flexibility index (Phi) is 7.24. The molecule has 0 aromatic heterocycles. The molecule has 1 N–H and O–H groups in total. The molecule has 0 radical (unpaired) electrons. The maximum Gasteiger partial charge on any atom is 0.243 e. The van der Waals surface area contributed by atoms with Gasteiger partial charge in [0, 0.05) is 31.1 Å². The van der Waals surface area contributed by atoms with Crippen LogP contribution in [0.5, 0.6) is 0 Å². The molecule has 5 rings (SSSR count). The van der Waals surface area contributed by atoms with Crippen molar-refractivity contribution in [2.45, 2.75) is 56.5 Å². The molecule has 0 aliphatic carbocycles. The molecule has 2 aliphatic heterocycles. The summed E-state index contributed by atoms with van der Waals surface area (Å²) in [5.41, 5.74) is 5.44. The van der Waals surface area contributed by atoms with Crippen LogP contribution in [-0.4, -0.2) is 61.1 Å². The molecule has 2 unspecified atom stereocenters. The van der Waals surface area contributed by atoms with Crippen LogP contribution in [0, 0.1) is 26.6 Å². The molecule has 3 aromatic carbocycles. The smallest absolute Gasteiger partial charge is 0.243 e. The quantitative estimate of drug-likeness (QED) is 0.511. The van der Waals surface area contributed by atoms with Crippen molar-refractivity contribution in [3.63, 3.8) is 0 Å². The Labute approximate surface area is 219 Å². The minimum atomic E-state index is -3.63. The SMILES string of the molecule is Cc1ccccc1S(=O)(=O)N1CCCCN2C(C1)C(c1ccc(-c3ccc(F)c(C)c3C)cc1)[C@H]2CO. The fraction of sp³-hybridized carbons (Fsp3) is 0.400. The van der Waals surface area contributed by atoms with Crippen molar-refractivity contribution in [2.24, 2.45) is 0 Å². The van der Waals surface area contributed by atoms with Gasteiger partial charge in [-0.15, -0.1) is 0 Å². The normalized spacial score (nSPS) is 23.1. The van der Waals surface area contributed by atoms with E-state index in [2.05, 4.69) is 29.2 Å². The van der Waals surface area contributed by atoms with Crippen LogP contribution in [0.25, 0.3) is 11.1 Å². The first-order valence-electron chi connectivity index (χ1n) is 13.0. The molecule has 5 nitrogen and oxygen atoms in total. The third kappa shape index (κ3) is 4.63. The van der Waals surface area contributed by atoms with Crippen molar-refractivity contribution < 1.29 is 17.9 Å². The molecule has 0 bridgehead atoms. The Morgan fingerprint density at radius 2 is 1.62 bits per heavy atom. The highest BCUT2D eigenvalue weighted by molar-refractivity contribution is 7.89. The Bertz CT molecular complexity index is 1390. The first-order chi connectivity index (χ1) is 17.7. The Morgan fingerprint density at radius 3 is 2.32 bits per heavy atom. The van der Waals surface area contributed by atoms with Gasteiger partial charge in [-0.25, -0.2) is 12.8 Å². The number of aliphatic hydroxyl groups is 1. The maximum absolute atomic E-state index is 14.0. The number of nitrogens with zero attached hydrogens (tertiary/aromatic N) is 2. The highest BCUT2D eigenvalue weighted by Crippen LogP contribution is 2.43. The van der Waals surface area contributed by atoms with E-state index in [1.54, 1.807) is 23.4 Å². The lowest BCUT2D eigenvalue weighted by molar-refractivity contribution is -0.0553. The number of aryl methyl sites for hydroxylation is 1. The summed E-state index contributed by atoms with van der Waals surface area (Å²) in [4.78, 5) is 2.65. The average Bonchev–Trinajstić information content (AvgIpc) is 2.87. The van der Waals surface area contributed by atoms with Gasteiger partial charge >= 0.3 is 0 Å². The predicted octanol–water partition coefficient (Wildman–Crippen LogP) is 5.03. The minimum absolute atomic E-state index is 0.00287. The molecule has 196 valence electrons. The van der Waals surface area contributed by atoms with E-state index in [0.29, 0.717) is 23.5 Å². The lowest BCUT2D eigenvalue weighted by Crippen LogP contribution is -2.67. The first kappa shape index (κ1) is 26.0. The second kappa shape index (κ2) is 10.3. The highest BCUT2D eigenvalue weighted by atomic mass is 32.2.